The number of ether oxygens (including phenoxy) is 1. The van der Waals surface area contributed by atoms with Gasteiger partial charge in [0.15, 0.2) is 5.78 Å². The van der Waals surface area contributed by atoms with Gasteiger partial charge >= 0.3 is 6.09 Å². The normalized spacial score (nSPS) is 17.8. The molecular weight excluding hydrogens is 813 g/mol. The van der Waals surface area contributed by atoms with Gasteiger partial charge in [-0.25, -0.2) is 13.6 Å². The second-order valence-corrected chi connectivity index (χ2v) is 16.0. The van der Waals surface area contributed by atoms with Gasteiger partial charge in [0.05, 0.1) is 36.4 Å². The Morgan fingerprint density at radius 3 is 2.11 bits per heavy atom. The first-order valence-electron chi connectivity index (χ1n) is 20.7. The van der Waals surface area contributed by atoms with Crippen LogP contribution >= 0.6 is 0 Å². The predicted molar refractivity (Wildman–Crippen MR) is 219 cm³/mol. The Labute approximate surface area is 358 Å². The van der Waals surface area contributed by atoms with Crippen molar-refractivity contribution in [3.8, 4) is 0 Å². The highest BCUT2D eigenvalue weighted by molar-refractivity contribution is 6.38. The van der Waals surface area contributed by atoms with Gasteiger partial charge in [-0.2, -0.15) is 0 Å². The van der Waals surface area contributed by atoms with Crippen LogP contribution in [0.15, 0.2) is 42.5 Å². The predicted octanol–water partition coefficient (Wildman–Crippen LogP) is 2.51. The summed E-state index contributed by atoms with van der Waals surface area (Å²) in [6.07, 6.45) is 2.35. The molecule has 2 aliphatic rings. The Hall–Kier alpha value is -6.27. The molecule has 1 saturated carbocycles. The largest absolute Gasteiger partial charge is 0.449 e. The van der Waals surface area contributed by atoms with Crippen LogP contribution in [0.1, 0.15) is 111 Å². The molecule has 0 radical (unpaired) electrons. The van der Waals surface area contributed by atoms with E-state index in [-0.39, 0.29) is 31.9 Å². The number of hydrogen-bond acceptors (Lipinski definition) is 10. The third-order valence-electron chi connectivity index (χ3n) is 10.7. The summed E-state index contributed by atoms with van der Waals surface area (Å²) >= 11 is 0. The van der Waals surface area contributed by atoms with Gasteiger partial charge < -0.3 is 42.0 Å². The average molecular weight is 868 g/mol. The van der Waals surface area contributed by atoms with E-state index in [2.05, 4.69) is 26.6 Å². The van der Waals surface area contributed by atoms with Crippen LogP contribution in [0.25, 0.3) is 0 Å². The number of nitrogens with one attached hydrogen (secondary N) is 5. The van der Waals surface area contributed by atoms with Gasteiger partial charge in [0, 0.05) is 6.54 Å². The molecule has 5 atom stereocenters. The third kappa shape index (κ3) is 12.9. The maximum atomic E-state index is 15.2. The molecule has 2 aromatic carbocycles. The van der Waals surface area contributed by atoms with Gasteiger partial charge in [-0.1, -0.05) is 76.8 Å². The summed E-state index contributed by atoms with van der Waals surface area (Å²) in [5, 5.41) is 12.3. The second kappa shape index (κ2) is 22.5. The summed E-state index contributed by atoms with van der Waals surface area (Å²) in [5.41, 5.74) is 4.18. The number of alkyl carbamates (subject to hydrolysis) is 1. The minimum atomic E-state index is -1.44. The van der Waals surface area contributed by atoms with E-state index < -0.39 is 119 Å². The highest BCUT2D eigenvalue weighted by Gasteiger charge is 2.46. The summed E-state index contributed by atoms with van der Waals surface area (Å²) in [6.45, 7) is 5.40. The van der Waals surface area contributed by atoms with Crippen LogP contribution in [0, 0.1) is 23.5 Å². The van der Waals surface area contributed by atoms with Crippen LogP contribution in [0.4, 0.5) is 13.6 Å². The highest BCUT2D eigenvalue weighted by Crippen LogP contribution is 2.30. The van der Waals surface area contributed by atoms with Crippen LogP contribution in [-0.4, -0.2) is 102 Å². The number of benzene rings is 2. The standard InChI is InChI=1S/C43H55F2N7O10/c1-5-12-30(37(55)41(59)47-20-32(54)50-35(38(46)56)25-13-8-6-9-14-25)49-39(57)31-19-27(48-43(61)62-22-23(2)3)21-52(31)42(60)36(26-15-10-7-11-16-26)51-40(58)34-29(45)18-17-28(44)33(34)24(4)53/h6,8-9,13-14,17-18,23,26-27,30-31,35-36H,5,7,10-12,15-16,19-22H2,1-4H3,(H2,46,56)(H,47,59)(H,48,61)(H,49,57)(H,50,54)(H,51,58)/t27-,30?,31+,35+,36+/m1/s1. The first-order chi connectivity index (χ1) is 29.4. The maximum Gasteiger partial charge on any atom is 0.407 e. The third-order valence-corrected chi connectivity index (χ3v) is 10.7. The van der Waals surface area contributed by atoms with Crippen molar-refractivity contribution in [2.24, 2.45) is 17.6 Å². The van der Waals surface area contributed by atoms with Crippen molar-refractivity contribution in [3.05, 3.63) is 70.8 Å². The van der Waals surface area contributed by atoms with E-state index in [1.54, 1.807) is 37.3 Å². The number of likely N-dealkylation sites (tertiary alicyclic amines) is 1. The molecule has 1 saturated heterocycles. The van der Waals surface area contributed by atoms with Gasteiger partial charge in [-0.05, 0) is 62.1 Å². The first-order valence-corrected chi connectivity index (χ1v) is 20.7. The fourth-order valence-electron chi connectivity index (χ4n) is 7.65. The molecule has 2 aromatic rings. The minimum absolute atomic E-state index is 0.00629. The number of ketones is 2. The van der Waals surface area contributed by atoms with Crippen molar-refractivity contribution in [3.63, 3.8) is 0 Å². The number of halogens is 2. The summed E-state index contributed by atoms with van der Waals surface area (Å²) < 4.78 is 35.2. The Bertz CT molecular complexity index is 2010. The van der Waals surface area contributed by atoms with Crippen LogP contribution in [0.2, 0.25) is 0 Å². The number of rotatable bonds is 19. The quantitative estimate of drug-likeness (QED) is 0.0889. The number of Topliss-reactive ketones (excluding diaryl/α,β-unsaturated/α-hetero) is 2. The molecule has 0 bridgehead atoms. The van der Waals surface area contributed by atoms with Gasteiger partial charge in [0.25, 0.3) is 11.8 Å². The maximum absolute atomic E-state index is 15.2. The Morgan fingerprint density at radius 1 is 0.871 bits per heavy atom. The second-order valence-electron chi connectivity index (χ2n) is 16.0. The molecule has 0 spiro atoms. The molecule has 336 valence electrons. The lowest BCUT2D eigenvalue weighted by atomic mass is 9.83. The number of nitrogens with two attached hydrogens (primary N) is 1. The SMILES string of the molecule is CCCC(NC(=O)[C@@H]1C[C@@H](NC(=O)OCC(C)C)CN1C(=O)[C@@H](NC(=O)c1c(F)ccc(F)c1C(C)=O)C1CCCCC1)C(=O)C(=O)NCC(=O)N[C@H](C(N)=O)c1ccccc1. The Balaban J connectivity index is 1.57. The molecule has 1 unspecified atom stereocenters. The number of carbonyl (C=O) groups is 9. The molecule has 1 aliphatic heterocycles. The molecule has 1 aliphatic carbocycles. The molecule has 7 amide bonds. The smallest absolute Gasteiger partial charge is 0.407 e. The number of nitrogens with zero attached hydrogens (tertiary/aromatic N) is 1. The lowest BCUT2D eigenvalue weighted by molar-refractivity contribution is -0.143. The van der Waals surface area contributed by atoms with E-state index in [4.69, 9.17) is 10.5 Å². The van der Waals surface area contributed by atoms with E-state index >= 15 is 4.39 Å². The summed E-state index contributed by atoms with van der Waals surface area (Å²) in [5.74, 6) is -10.7. The topological polar surface area (TPSA) is 252 Å². The van der Waals surface area contributed by atoms with Gasteiger partial charge in [0.1, 0.15) is 29.8 Å². The molecule has 4 rings (SSSR count). The van der Waals surface area contributed by atoms with Gasteiger partial charge in [-0.15, -0.1) is 0 Å². The molecular formula is C43H55F2N7O10. The Morgan fingerprint density at radius 2 is 1.52 bits per heavy atom. The van der Waals surface area contributed by atoms with Crippen LogP contribution in [-0.2, 0) is 33.5 Å². The van der Waals surface area contributed by atoms with Crippen molar-refractivity contribution >= 4 is 53.1 Å². The first kappa shape index (κ1) is 48.4. The zero-order valence-electron chi connectivity index (χ0n) is 35.2. The van der Waals surface area contributed by atoms with Crippen molar-refractivity contribution in [1.29, 1.82) is 0 Å². The molecule has 62 heavy (non-hydrogen) atoms. The number of amides is 7. The van der Waals surface area contributed by atoms with Crippen LogP contribution in [0.5, 0.6) is 0 Å². The molecule has 2 fully saturated rings. The number of carbonyl (C=O) groups excluding carboxylic acids is 9. The van der Waals surface area contributed by atoms with Crippen molar-refractivity contribution in [2.75, 3.05) is 19.7 Å². The zero-order chi connectivity index (χ0) is 45.7. The van der Waals surface area contributed by atoms with Crippen LogP contribution < -0.4 is 32.3 Å². The zero-order valence-corrected chi connectivity index (χ0v) is 35.2. The molecule has 7 N–H and O–H groups in total. The minimum Gasteiger partial charge on any atom is -0.449 e. The summed E-state index contributed by atoms with van der Waals surface area (Å²) in [7, 11) is 0. The number of primary amides is 1. The number of hydrogen-bond donors (Lipinski definition) is 6. The van der Waals surface area contributed by atoms with Crippen molar-refractivity contribution in [2.45, 2.75) is 109 Å². The lowest BCUT2D eigenvalue weighted by Gasteiger charge is -2.35. The van der Waals surface area contributed by atoms with E-state index in [1.807, 2.05) is 13.8 Å². The van der Waals surface area contributed by atoms with E-state index in [0.29, 0.717) is 49.8 Å². The van der Waals surface area contributed by atoms with Crippen molar-refractivity contribution < 1.29 is 56.7 Å². The molecule has 19 heteroatoms. The fraction of sp³-hybridized carbons (Fsp3) is 0.512. The molecule has 17 nitrogen and oxygen atoms in total. The molecule has 0 aromatic heterocycles. The lowest BCUT2D eigenvalue weighted by Crippen LogP contribution is -2.58. The summed E-state index contributed by atoms with van der Waals surface area (Å²) in [6, 6.07) is 3.20. The van der Waals surface area contributed by atoms with Gasteiger partial charge in [-0.3, -0.25) is 38.4 Å². The average Bonchev–Trinajstić information content (AvgIpc) is 3.67. The fourth-order valence-corrected chi connectivity index (χ4v) is 7.65. The van der Waals surface area contributed by atoms with E-state index in [9.17, 15) is 47.5 Å². The van der Waals surface area contributed by atoms with Gasteiger partial charge in [0.2, 0.25) is 29.4 Å². The highest BCUT2D eigenvalue weighted by atomic mass is 19.1. The summed E-state index contributed by atoms with van der Waals surface area (Å²) in [4.78, 5) is 120. The molecule has 1 heterocycles. The van der Waals surface area contributed by atoms with Crippen molar-refractivity contribution in [1.82, 2.24) is 31.5 Å². The van der Waals surface area contributed by atoms with E-state index in [1.165, 1.54) is 0 Å². The van der Waals surface area contributed by atoms with E-state index in [0.717, 1.165) is 18.2 Å². The van der Waals surface area contributed by atoms with Crippen LogP contribution in [0.3, 0.4) is 0 Å². The monoisotopic (exact) mass is 867 g/mol. The Kier molecular flexibility index (Phi) is 17.6.